The van der Waals surface area contributed by atoms with Crippen LogP contribution in [0.2, 0.25) is 0 Å². The maximum absolute atomic E-state index is 12.5. The minimum absolute atomic E-state index is 0.0488. The van der Waals surface area contributed by atoms with Crippen LogP contribution in [0.25, 0.3) is 0 Å². The molecule has 0 radical (unpaired) electrons. The third-order valence-electron chi connectivity index (χ3n) is 6.07. The summed E-state index contributed by atoms with van der Waals surface area (Å²) in [7, 11) is -3.83. The Kier molecular flexibility index (Phi) is 4.48. The van der Waals surface area contributed by atoms with Gasteiger partial charge in [-0.15, -0.1) is 0 Å². The van der Waals surface area contributed by atoms with Gasteiger partial charge in [0.05, 0.1) is 30.1 Å². The maximum atomic E-state index is 12.5. The van der Waals surface area contributed by atoms with Gasteiger partial charge >= 0.3 is 5.97 Å². The van der Waals surface area contributed by atoms with Gasteiger partial charge in [0.1, 0.15) is 0 Å². The predicted octanol–water partition coefficient (Wildman–Crippen LogP) is 0.708. The van der Waals surface area contributed by atoms with Crippen LogP contribution in [0.5, 0.6) is 0 Å². The summed E-state index contributed by atoms with van der Waals surface area (Å²) in [4.78, 5) is 25.8. The summed E-state index contributed by atoms with van der Waals surface area (Å²) in [6.07, 6.45) is 2.21. The number of carboxylic acids is 1. The number of amides is 1. The van der Waals surface area contributed by atoms with E-state index in [0.29, 0.717) is 26.2 Å². The molecule has 2 atom stereocenters. The standard InChI is InChI=1S/C18H22N2O6S/c21-16(20-8-14-2-1-5-18(14,11-20)17(22)23)7-19-27(24,25)15-4-3-12-9-26-10-13(12)6-15/h3-4,6,14,19H,1-2,5,7-11H2,(H,22,23)/t14-,18+/m0/s1. The first-order valence-corrected chi connectivity index (χ1v) is 10.5. The van der Waals surface area contributed by atoms with Crippen molar-refractivity contribution in [3.05, 3.63) is 29.3 Å². The number of nitrogens with zero attached hydrogens (tertiary/aromatic N) is 1. The van der Waals surface area contributed by atoms with Gasteiger partial charge in [0.2, 0.25) is 15.9 Å². The molecule has 3 aliphatic rings. The van der Waals surface area contributed by atoms with Crippen LogP contribution in [0.3, 0.4) is 0 Å². The fourth-order valence-corrected chi connectivity index (χ4v) is 5.52. The van der Waals surface area contributed by atoms with Gasteiger partial charge in [-0.3, -0.25) is 9.59 Å². The molecule has 8 nitrogen and oxygen atoms in total. The minimum Gasteiger partial charge on any atom is -0.481 e. The molecule has 0 spiro atoms. The Hall–Kier alpha value is -1.97. The van der Waals surface area contributed by atoms with E-state index in [1.54, 1.807) is 12.1 Å². The zero-order valence-electron chi connectivity index (χ0n) is 14.8. The van der Waals surface area contributed by atoms with Gasteiger partial charge in [-0.05, 0) is 42.0 Å². The molecule has 2 fully saturated rings. The summed E-state index contributed by atoms with van der Waals surface area (Å²) in [5, 5.41) is 9.60. The Bertz CT molecular complexity index is 899. The second kappa shape index (κ2) is 6.57. The van der Waals surface area contributed by atoms with Crippen molar-refractivity contribution >= 4 is 21.9 Å². The average Bonchev–Trinajstić information content (AvgIpc) is 3.32. The van der Waals surface area contributed by atoms with Crippen LogP contribution in [0, 0.1) is 11.3 Å². The first kappa shape index (κ1) is 18.4. The number of fused-ring (bicyclic) bond motifs is 2. The van der Waals surface area contributed by atoms with Gasteiger partial charge in [-0.1, -0.05) is 12.5 Å². The van der Waals surface area contributed by atoms with Crippen molar-refractivity contribution in [2.24, 2.45) is 11.3 Å². The summed E-state index contributed by atoms with van der Waals surface area (Å²) < 4.78 is 32.6. The second-order valence-electron chi connectivity index (χ2n) is 7.57. The molecule has 1 aromatic carbocycles. The third kappa shape index (κ3) is 3.13. The molecule has 2 heterocycles. The van der Waals surface area contributed by atoms with Gasteiger partial charge in [0, 0.05) is 13.1 Å². The van der Waals surface area contributed by atoms with Crippen LogP contribution in [0.15, 0.2) is 23.1 Å². The fourth-order valence-electron chi connectivity index (χ4n) is 4.50. The maximum Gasteiger partial charge on any atom is 0.311 e. The van der Waals surface area contributed by atoms with Gasteiger partial charge in [0.15, 0.2) is 0 Å². The van der Waals surface area contributed by atoms with Crippen LogP contribution in [-0.4, -0.2) is 49.9 Å². The smallest absolute Gasteiger partial charge is 0.311 e. The molecule has 0 aromatic heterocycles. The summed E-state index contributed by atoms with van der Waals surface area (Å²) >= 11 is 0. The quantitative estimate of drug-likeness (QED) is 0.760. The summed E-state index contributed by atoms with van der Waals surface area (Å²) in [5.41, 5.74) is 0.932. The minimum atomic E-state index is -3.83. The predicted molar refractivity (Wildman–Crippen MR) is 94.1 cm³/mol. The van der Waals surface area contributed by atoms with E-state index in [2.05, 4.69) is 4.72 Å². The van der Waals surface area contributed by atoms with Gasteiger partial charge in [-0.2, -0.15) is 0 Å². The lowest BCUT2D eigenvalue weighted by Crippen LogP contribution is -2.41. The molecule has 1 aliphatic carbocycles. The lowest BCUT2D eigenvalue weighted by molar-refractivity contribution is -0.149. The number of rotatable bonds is 5. The van der Waals surface area contributed by atoms with Crippen LogP contribution in [0.4, 0.5) is 0 Å². The SMILES string of the molecule is O=C(CNS(=O)(=O)c1ccc2c(c1)COC2)N1C[C@@H]2CCC[C@@]2(C(=O)O)C1. The molecule has 1 aromatic rings. The number of aliphatic carboxylic acids is 1. The zero-order chi connectivity index (χ0) is 19.2. The Balaban J connectivity index is 1.41. The van der Waals surface area contributed by atoms with Crippen LogP contribution in [0.1, 0.15) is 30.4 Å². The van der Waals surface area contributed by atoms with Crippen molar-refractivity contribution in [2.45, 2.75) is 37.4 Å². The van der Waals surface area contributed by atoms with Crippen LogP contribution >= 0.6 is 0 Å². The lowest BCUT2D eigenvalue weighted by Gasteiger charge is -2.23. The fraction of sp³-hybridized carbons (Fsp3) is 0.556. The van der Waals surface area contributed by atoms with Gasteiger partial charge in [-0.25, -0.2) is 13.1 Å². The molecule has 9 heteroatoms. The number of carbonyl (C=O) groups is 2. The van der Waals surface area contributed by atoms with E-state index in [9.17, 15) is 23.1 Å². The Labute approximate surface area is 157 Å². The monoisotopic (exact) mass is 394 g/mol. The van der Waals surface area contributed by atoms with E-state index in [1.165, 1.54) is 11.0 Å². The van der Waals surface area contributed by atoms with E-state index in [4.69, 9.17) is 4.74 Å². The normalized spacial score (nSPS) is 26.8. The van der Waals surface area contributed by atoms with E-state index in [-0.39, 0.29) is 23.9 Å². The zero-order valence-corrected chi connectivity index (χ0v) is 15.6. The molecule has 2 aliphatic heterocycles. The number of nitrogens with one attached hydrogen (secondary N) is 1. The molecule has 1 amide bonds. The van der Waals surface area contributed by atoms with Crippen LogP contribution in [-0.2, 0) is 37.6 Å². The van der Waals surface area contributed by atoms with Crippen molar-refractivity contribution in [3.63, 3.8) is 0 Å². The number of hydrogen-bond donors (Lipinski definition) is 2. The Morgan fingerprint density at radius 1 is 1.30 bits per heavy atom. The first-order valence-electron chi connectivity index (χ1n) is 9.02. The summed E-state index contributed by atoms with van der Waals surface area (Å²) in [5.74, 6) is -1.30. The molecule has 27 heavy (non-hydrogen) atoms. The second-order valence-corrected chi connectivity index (χ2v) is 9.34. The van der Waals surface area contributed by atoms with Gasteiger partial charge < -0.3 is 14.7 Å². The largest absolute Gasteiger partial charge is 0.481 e. The first-order chi connectivity index (χ1) is 12.8. The van der Waals surface area contributed by atoms with Gasteiger partial charge in [0.25, 0.3) is 0 Å². The molecule has 4 rings (SSSR count). The van der Waals surface area contributed by atoms with Crippen molar-refractivity contribution in [1.29, 1.82) is 0 Å². The Morgan fingerprint density at radius 3 is 2.81 bits per heavy atom. The number of hydrogen-bond acceptors (Lipinski definition) is 5. The molecule has 146 valence electrons. The van der Waals surface area contributed by atoms with E-state index in [1.807, 2.05) is 0 Å². The Morgan fingerprint density at radius 2 is 2.07 bits per heavy atom. The van der Waals surface area contributed by atoms with E-state index in [0.717, 1.165) is 24.0 Å². The molecule has 2 N–H and O–H groups in total. The lowest BCUT2D eigenvalue weighted by atomic mass is 9.81. The average molecular weight is 394 g/mol. The third-order valence-corrected chi connectivity index (χ3v) is 7.46. The number of ether oxygens (including phenoxy) is 1. The highest BCUT2D eigenvalue weighted by Gasteiger charge is 2.55. The molecule has 0 bridgehead atoms. The molecular weight excluding hydrogens is 372 g/mol. The number of carbonyl (C=O) groups excluding carboxylic acids is 1. The van der Waals surface area contributed by atoms with E-state index >= 15 is 0 Å². The summed E-state index contributed by atoms with van der Waals surface area (Å²) in [6, 6.07) is 4.78. The highest BCUT2D eigenvalue weighted by molar-refractivity contribution is 7.89. The molecule has 0 unspecified atom stereocenters. The van der Waals surface area contributed by atoms with Crippen LogP contribution < -0.4 is 4.72 Å². The molecular formula is C18H22N2O6S. The highest BCUT2D eigenvalue weighted by Crippen LogP contribution is 2.48. The highest BCUT2D eigenvalue weighted by atomic mass is 32.2. The number of benzene rings is 1. The van der Waals surface area contributed by atoms with Crippen molar-refractivity contribution in [1.82, 2.24) is 9.62 Å². The number of sulfonamides is 1. The van der Waals surface area contributed by atoms with Crippen molar-refractivity contribution in [3.8, 4) is 0 Å². The van der Waals surface area contributed by atoms with E-state index < -0.39 is 27.3 Å². The summed E-state index contributed by atoms with van der Waals surface area (Å²) in [6.45, 7) is 1.01. The van der Waals surface area contributed by atoms with Crippen molar-refractivity contribution < 1.29 is 27.9 Å². The number of likely N-dealkylation sites (tertiary alicyclic amines) is 1. The number of carboxylic acid groups (broad SMARTS) is 1. The topological polar surface area (TPSA) is 113 Å². The molecule has 1 saturated heterocycles. The molecule has 1 saturated carbocycles. The van der Waals surface area contributed by atoms with Crippen molar-refractivity contribution in [2.75, 3.05) is 19.6 Å².